The molecule has 4 heteroatoms. The van der Waals surface area contributed by atoms with E-state index in [1.165, 1.54) is 4.70 Å². The van der Waals surface area contributed by atoms with Crippen molar-refractivity contribution in [1.29, 1.82) is 0 Å². The van der Waals surface area contributed by atoms with E-state index in [0.29, 0.717) is 6.61 Å². The molecule has 0 aliphatic heterocycles. The van der Waals surface area contributed by atoms with Crippen molar-refractivity contribution in [2.45, 2.75) is 20.3 Å². The number of para-hydroxylation sites is 1. The van der Waals surface area contributed by atoms with Crippen LogP contribution in [0.5, 0.6) is 5.75 Å². The Morgan fingerprint density at radius 3 is 2.88 bits per heavy atom. The number of thiazole rings is 1. The average Bonchev–Trinajstić information content (AvgIpc) is 3.05. The van der Waals surface area contributed by atoms with Gasteiger partial charge in [0.25, 0.3) is 0 Å². The van der Waals surface area contributed by atoms with Crippen LogP contribution in [0, 0.1) is 0 Å². The van der Waals surface area contributed by atoms with E-state index >= 15 is 0 Å². The molecule has 0 saturated carbocycles. The zero-order valence-electron chi connectivity index (χ0n) is 13.9. The standard InChI is InChI=1S/C20H20N2OS/c1-3-5-12-21-17-14-15(10-11-18(17)23-13-4-2)20-22-16-8-6-7-9-19(16)24-20/h3,5-12,14H,4,13H2,1-2H3/b5-3+,21-12?. The van der Waals surface area contributed by atoms with Crippen LogP contribution >= 0.6 is 11.3 Å². The molecular weight excluding hydrogens is 316 g/mol. The highest BCUT2D eigenvalue weighted by Gasteiger charge is 2.09. The Morgan fingerprint density at radius 1 is 1.21 bits per heavy atom. The Bertz CT molecular complexity index is 847. The van der Waals surface area contributed by atoms with E-state index in [9.17, 15) is 0 Å². The van der Waals surface area contributed by atoms with Crippen LogP contribution in [0.25, 0.3) is 20.8 Å². The summed E-state index contributed by atoms with van der Waals surface area (Å²) >= 11 is 1.69. The molecule has 3 rings (SSSR count). The zero-order chi connectivity index (χ0) is 16.8. The highest BCUT2D eigenvalue weighted by Crippen LogP contribution is 2.36. The molecule has 0 N–H and O–H groups in total. The highest BCUT2D eigenvalue weighted by molar-refractivity contribution is 7.21. The summed E-state index contributed by atoms with van der Waals surface area (Å²) in [6, 6.07) is 14.3. The van der Waals surface area contributed by atoms with E-state index in [0.717, 1.165) is 33.9 Å². The number of hydrogen-bond donors (Lipinski definition) is 0. The fraction of sp³-hybridized carbons (Fsp3) is 0.200. The van der Waals surface area contributed by atoms with Gasteiger partial charge in [-0.2, -0.15) is 0 Å². The maximum absolute atomic E-state index is 5.81. The number of nitrogens with zero attached hydrogens (tertiary/aromatic N) is 2. The molecule has 0 radical (unpaired) electrons. The Kier molecular flexibility index (Phi) is 5.39. The first-order chi connectivity index (χ1) is 11.8. The number of hydrogen-bond acceptors (Lipinski definition) is 4. The third-order valence-corrected chi connectivity index (χ3v) is 4.54. The summed E-state index contributed by atoms with van der Waals surface area (Å²) in [5.74, 6) is 0.808. The predicted octanol–water partition coefficient (Wildman–Crippen LogP) is 6.03. The number of benzene rings is 2. The average molecular weight is 336 g/mol. The first-order valence-corrected chi connectivity index (χ1v) is 8.91. The molecule has 0 amide bonds. The van der Waals surface area contributed by atoms with E-state index in [1.54, 1.807) is 17.6 Å². The first kappa shape index (κ1) is 16.4. The molecule has 0 atom stereocenters. The number of allylic oxidation sites excluding steroid dienone is 2. The number of aromatic nitrogens is 1. The predicted molar refractivity (Wildman–Crippen MR) is 104 cm³/mol. The third kappa shape index (κ3) is 3.71. The Labute approximate surface area is 146 Å². The molecule has 24 heavy (non-hydrogen) atoms. The highest BCUT2D eigenvalue weighted by atomic mass is 32.1. The topological polar surface area (TPSA) is 34.5 Å². The van der Waals surface area contributed by atoms with Crippen molar-refractivity contribution in [2.75, 3.05) is 6.61 Å². The van der Waals surface area contributed by atoms with Crippen molar-refractivity contribution in [1.82, 2.24) is 4.98 Å². The maximum atomic E-state index is 5.81. The van der Waals surface area contributed by atoms with Gasteiger partial charge in [-0.25, -0.2) is 4.98 Å². The fourth-order valence-electron chi connectivity index (χ4n) is 2.29. The van der Waals surface area contributed by atoms with Crippen molar-refractivity contribution in [3.8, 4) is 16.3 Å². The first-order valence-electron chi connectivity index (χ1n) is 8.10. The van der Waals surface area contributed by atoms with E-state index < -0.39 is 0 Å². The van der Waals surface area contributed by atoms with Crippen LogP contribution in [0.1, 0.15) is 20.3 Å². The molecular formula is C20H20N2OS. The van der Waals surface area contributed by atoms with Crippen LogP contribution in [0.15, 0.2) is 59.6 Å². The molecule has 0 aliphatic carbocycles. The second kappa shape index (κ2) is 7.88. The number of aliphatic imine (C=N–C) groups is 1. The summed E-state index contributed by atoms with van der Waals surface area (Å²) < 4.78 is 7.00. The molecule has 0 bridgehead atoms. The van der Waals surface area contributed by atoms with E-state index in [2.05, 4.69) is 24.0 Å². The van der Waals surface area contributed by atoms with Crippen molar-refractivity contribution < 1.29 is 4.74 Å². The Balaban J connectivity index is 2.00. The molecule has 1 aromatic heterocycles. The van der Waals surface area contributed by atoms with Gasteiger partial charge in [-0.1, -0.05) is 25.1 Å². The van der Waals surface area contributed by atoms with Crippen LogP contribution in [0.2, 0.25) is 0 Å². The minimum Gasteiger partial charge on any atom is -0.491 e. The smallest absolute Gasteiger partial charge is 0.144 e. The molecule has 3 nitrogen and oxygen atoms in total. The van der Waals surface area contributed by atoms with Gasteiger partial charge in [-0.3, -0.25) is 4.99 Å². The summed E-state index contributed by atoms with van der Waals surface area (Å²) in [6.45, 7) is 4.75. The summed E-state index contributed by atoms with van der Waals surface area (Å²) in [4.78, 5) is 9.25. The van der Waals surface area contributed by atoms with Gasteiger partial charge in [0.05, 0.1) is 16.8 Å². The van der Waals surface area contributed by atoms with Gasteiger partial charge in [0.2, 0.25) is 0 Å². The second-order valence-electron chi connectivity index (χ2n) is 5.32. The lowest BCUT2D eigenvalue weighted by molar-refractivity contribution is 0.318. The van der Waals surface area contributed by atoms with Crippen LogP contribution in [-0.4, -0.2) is 17.8 Å². The van der Waals surface area contributed by atoms with Gasteiger partial charge in [0.15, 0.2) is 0 Å². The monoisotopic (exact) mass is 336 g/mol. The minimum absolute atomic E-state index is 0.687. The van der Waals surface area contributed by atoms with Gasteiger partial charge in [0.1, 0.15) is 16.4 Å². The van der Waals surface area contributed by atoms with E-state index in [1.807, 2.05) is 49.4 Å². The lowest BCUT2D eigenvalue weighted by Crippen LogP contribution is -1.95. The zero-order valence-corrected chi connectivity index (χ0v) is 14.7. The molecule has 0 aliphatic rings. The number of rotatable bonds is 6. The summed E-state index contributed by atoms with van der Waals surface area (Å²) in [5.41, 5.74) is 2.92. The lowest BCUT2D eigenvalue weighted by atomic mass is 10.2. The van der Waals surface area contributed by atoms with Crippen LogP contribution in [0.4, 0.5) is 5.69 Å². The molecule has 0 saturated heterocycles. The van der Waals surface area contributed by atoms with Crippen LogP contribution in [-0.2, 0) is 0 Å². The molecule has 3 aromatic rings. The molecule has 0 fully saturated rings. The SMILES string of the molecule is C/C=C/C=Nc1cc(-c2nc3ccccc3s2)ccc1OCCC. The maximum Gasteiger partial charge on any atom is 0.144 e. The van der Waals surface area contributed by atoms with E-state index in [-0.39, 0.29) is 0 Å². The number of fused-ring (bicyclic) bond motifs is 1. The van der Waals surface area contributed by atoms with Crippen molar-refractivity contribution in [2.24, 2.45) is 4.99 Å². The van der Waals surface area contributed by atoms with Gasteiger partial charge in [-0.05, 0) is 49.8 Å². The number of ether oxygens (including phenoxy) is 1. The summed E-state index contributed by atoms with van der Waals surface area (Å²) in [7, 11) is 0. The Morgan fingerprint density at radius 2 is 2.08 bits per heavy atom. The Hall–Kier alpha value is -2.46. The van der Waals surface area contributed by atoms with Crippen LogP contribution in [0.3, 0.4) is 0 Å². The van der Waals surface area contributed by atoms with Crippen molar-refractivity contribution >= 4 is 33.5 Å². The lowest BCUT2D eigenvalue weighted by Gasteiger charge is -2.08. The summed E-state index contributed by atoms with van der Waals surface area (Å²) in [5, 5.41) is 1.00. The van der Waals surface area contributed by atoms with Gasteiger partial charge >= 0.3 is 0 Å². The second-order valence-corrected chi connectivity index (χ2v) is 6.35. The van der Waals surface area contributed by atoms with Crippen LogP contribution < -0.4 is 4.74 Å². The van der Waals surface area contributed by atoms with Crippen molar-refractivity contribution in [3.05, 3.63) is 54.6 Å². The molecule has 0 spiro atoms. The van der Waals surface area contributed by atoms with Gasteiger partial charge in [0, 0.05) is 11.8 Å². The fourth-order valence-corrected chi connectivity index (χ4v) is 3.25. The van der Waals surface area contributed by atoms with Gasteiger partial charge in [-0.15, -0.1) is 11.3 Å². The largest absolute Gasteiger partial charge is 0.491 e. The molecule has 2 aromatic carbocycles. The molecule has 0 unspecified atom stereocenters. The quantitative estimate of drug-likeness (QED) is 0.515. The molecule has 122 valence electrons. The molecule has 1 heterocycles. The van der Waals surface area contributed by atoms with Crippen molar-refractivity contribution in [3.63, 3.8) is 0 Å². The third-order valence-electron chi connectivity index (χ3n) is 3.45. The van der Waals surface area contributed by atoms with Gasteiger partial charge < -0.3 is 4.74 Å². The normalized spacial score (nSPS) is 11.8. The summed E-state index contributed by atoms with van der Waals surface area (Å²) in [6.07, 6.45) is 6.62. The van der Waals surface area contributed by atoms with E-state index in [4.69, 9.17) is 9.72 Å². The minimum atomic E-state index is 0.687.